The molecular formula is C21H29N3O5. The van der Waals surface area contributed by atoms with Gasteiger partial charge in [0.05, 0.1) is 10.5 Å². The molecule has 158 valence electrons. The van der Waals surface area contributed by atoms with Crippen LogP contribution >= 0.6 is 0 Å². The molecule has 0 spiro atoms. The Kier molecular flexibility index (Phi) is 6.71. The summed E-state index contributed by atoms with van der Waals surface area (Å²) in [6.45, 7) is 6.81. The van der Waals surface area contributed by atoms with Crippen molar-refractivity contribution in [3.8, 4) is 0 Å². The van der Waals surface area contributed by atoms with Crippen LogP contribution in [0.4, 0.5) is 11.4 Å². The van der Waals surface area contributed by atoms with Crippen LogP contribution in [0.2, 0.25) is 0 Å². The van der Waals surface area contributed by atoms with Crippen molar-refractivity contribution in [3.63, 3.8) is 0 Å². The molecule has 2 aliphatic rings. The highest BCUT2D eigenvalue weighted by molar-refractivity contribution is 5.93. The summed E-state index contributed by atoms with van der Waals surface area (Å²) in [6, 6.07) is 4.42. The number of rotatable bonds is 5. The summed E-state index contributed by atoms with van der Waals surface area (Å²) in [5, 5.41) is 11.6. The van der Waals surface area contributed by atoms with Gasteiger partial charge in [0.25, 0.3) is 11.6 Å². The SMILES string of the molecule is C[C@@H]1C[C@@H](C)CN(c2ccc(C(=O)OCC(=O)N3CCCCC3)cc2[N+](=O)[O-])C1. The van der Waals surface area contributed by atoms with E-state index in [-0.39, 0.29) is 23.8 Å². The molecule has 2 aliphatic heterocycles. The molecule has 8 nitrogen and oxygen atoms in total. The van der Waals surface area contributed by atoms with E-state index >= 15 is 0 Å². The number of nitro groups is 1. The normalized spacial score (nSPS) is 22.3. The highest BCUT2D eigenvalue weighted by Crippen LogP contribution is 2.34. The molecule has 1 aromatic rings. The molecule has 0 radical (unpaired) electrons. The number of piperidine rings is 2. The summed E-state index contributed by atoms with van der Waals surface area (Å²) in [4.78, 5) is 39.4. The van der Waals surface area contributed by atoms with Gasteiger partial charge in [0.15, 0.2) is 6.61 Å². The van der Waals surface area contributed by atoms with E-state index in [1.54, 1.807) is 17.0 Å². The van der Waals surface area contributed by atoms with Crippen LogP contribution in [-0.2, 0) is 9.53 Å². The highest BCUT2D eigenvalue weighted by atomic mass is 16.6. The molecule has 2 saturated heterocycles. The van der Waals surface area contributed by atoms with Crippen molar-refractivity contribution in [2.75, 3.05) is 37.7 Å². The summed E-state index contributed by atoms with van der Waals surface area (Å²) in [5.74, 6) is -0.0431. The van der Waals surface area contributed by atoms with Crippen LogP contribution in [0, 0.1) is 22.0 Å². The van der Waals surface area contributed by atoms with E-state index in [1.807, 2.05) is 4.90 Å². The number of hydrogen-bond donors (Lipinski definition) is 0. The molecule has 8 heteroatoms. The second-order valence-electron chi connectivity index (χ2n) is 8.33. The Morgan fingerprint density at radius 1 is 1.14 bits per heavy atom. The minimum absolute atomic E-state index is 0.0880. The molecule has 1 aromatic carbocycles. The molecule has 2 atom stereocenters. The lowest BCUT2D eigenvalue weighted by Gasteiger charge is -2.36. The van der Waals surface area contributed by atoms with Crippen LogP contribution in [-0.4, -0.2) is 54.5 Å². The van der Waals surface area contributed by atoms with Crippen molar-refractivity contribution >= 4 is 23.3 Å². The van der Waals surface area contributed by atoms with E-state index in [9.17, 15) is 19.7 Å². The first-order valence-electron chi connectivity index (χ1n) is 10.3. The summed E-state index contributed by atoms with van der Waals surface area (Å²) in [5.41, 5.74) is 0.502. The van der Waals surface area contributed by atoms with E-state index in [2.05, 4.69) is 13.8 Å². The van der Waals surface area contributed by atoms with Gasteiger partial charge in [-0.1, -0.05) is 13.8 Å². The molecule has 1 amide bonds. The van der Waals surface area contributed by atoms with Crippen molar-refractivity contribution in [2.24, 2.45) is 11.8 Å². The van der Waals surface area contributed by atoms with E-state index in [0.29, 0.717) is 30.6 Å². The number of nitro benzene ring substituents is 1. The fraction of sp³-hybridized carbons (Fsp3) is 0.619. The first-order valence-corrected chi connectivity index (χ1v) is 10.3. The topological polar surface area (TPSA) is 93.0 Å². The van der Waals surface area contributed by atoms with Gasteiger partial charge in [-0.25, -0.2) is 4.79 Å². The Morgan fingerprint density at radius 2 is 1.79 bits per heavy atom. The Labute approximate surface area is 171 Å². The molecule has 0 saturated carbocycles. The largest absolute Gasteiger partial charge is 0.452 e. The Hall–Kier alpha value is -2.64. The number of hydrogen-bond acceptors (Lipinski definition) is 6. The molecule has 3 rings (SSSR count). The van der Waals surface area contributed by atoms with Gasteiger partial charge < -0.3 is 14.5 Å². The molecule has 29 heavy (non-hydrogen) atoms. The van der Waals surface area contributed by atoms with E-state index in [4.69, 9.17) is 4.74 Å². The third-order valence-electron chi connectivity index (χ3n) is 5.65. The van der Waals surface area contributed by atoms with Crippen LogP contribution in [0.25, 0.3) is 0 Å². The number of carbonyl (C=O) groups is 2. The molecule has 2 heterocycles. The first kappa shape index (κ1) is 21.1. The molecule has 0 bridgehead atoms. The van der Waals surface area contributed by atoms with E-state index in [0.717, 1.165) is 38.8 Å². The predicted molar refractivity (Wildman–Crippen MR) is 109 cm³/mol. The summed E-state index contributed by atoms with van der Waals surface area (Å²) < 4.78 is 5.13. The van der Waals surface area contributed by atoms with Gasteiger partial charge >= 0.3 is 5.97 Å². The smallest absolute Gasteiger partial charge is 0.338 e. The van der Waals surface area contributed by atoms with Gasteiger partial charge in [0.1, 0.15) is 5.69 Å². The second kappa shape index (κ2) is 9.24. The summed E-state index contributed by atoms with van der Waals surface area (Å²) >= 11 is 0. The van der Waals surface area contributed by atoms with Crippen molar-refractivity contribution in [2.45, 2.75) is 39.5 Å². The average molecular weight is 403 g/mol. The standard InChI is InChI=1S/C21H29N3O5/c1-15-10-16(2)13-23(12-15)18-7-6-17(11-19(18)24(27)28)21(26)29-14-20(25)22-8-4-3-5-9-22/h6-7,11,15-16H,3-5,8-10,12-14H2,1-2H3/t15-,16-/m1/s1. The maximum absolute atomic E-state index is 12.4. The zero-order chi connectivity index (χ0) is 21.0. The van der Waals surface area contributed by atoms with Crippen LogP contribution in [0.1, 0.15) is 49.9 Å². The van der Waals surface area contributed by atoms with Crippen LogP contribution in [0.3, 0.4) is 0 Å². The van der Waals surface area contributed by atoms with Crippen LogP contribution in [0.15, 0.2) is 18.2 Å². The fourth-order valence-electron chi connectivity index (χ4n) is 4.37. The lowest BCUT2D eigenvalue weighted by Crippen LogP contribution is -2.39. The third kappa shape index (κ3) is 5.25. The average Bonchev–Trinajstić information content (AvgIpc) is 2.71. The Bertz CT molecular complexity index is 766. The zero-order valence-electron chi connectivity index (χ0n) is 17.1. The van der Waals surface area contributed by atoms with Crippen molar-refractivity contribution < 1.29 is 19.2 Å². The van der Waals surface area contributed by atoms with Crippen LogP contribution in [0.5, 0.6) is 0 Å². The molecule has 0 aromatic heterocycles. The number of carbonyl (C=O) groups excluding carboxylic acids is 2. The molecule has 2 fully saturated rings. The first-order chi connectivity index (χ1) is 13.8. The lowest BCUT2D eigenvalue weighted by atomic mass is 9.91. The number of likely N-dealkylation sites (tertiary alicyclic amines) is 1. The molecule has 0 aliphatic carbocycles. The highest BCUT2D eigenvalue weighted by Gasteiger charge is 2.28. The number of anilines is 1. The van der Waals surface area contributed by atoms with Crippen molar-refractivity contribution in [3.05, 3.63) is 33.9 Å². The van der Waals surface area contributed by atoms with Crippen LogP contribution < -0.4 is 4.90 Å². The Balaban J connectivity index is 1.69. The van der Waals surface area contributed by atoms with Crippen molar-refractivity contribution in [1.29, 1.82) is 0 Å². The predicted octanol–water partition coefficient (Wildman–Crippen LogP) is 3.25. The Morgan fingerprint density at radius 3 is 2.41 bits per heavy atom. The minimum Gasteiger partial charge on any atom is -0.452 e. The molecule has 0 unspecified atom stereocenters. The zero-order valence-corrected chi connectivity index (χ0v) is 17.1. The van der Waals surface area contributed by atoms with E-state index in [1.165, 1.54) is 6.07 Å². The molecular weight excluding hydrogens is 374 g/mol. The third-order valence-corrected chi connectivity index (χ3v) is 5.65. The van der Waals surface area contributed by atoms with Gasteiger partial charge in [-0.05, 0) is 49.7 Å². The fourth-order valence-corrected chi connectivity index (χ4v) is 4.37. The van der Waals surface area contributed by atoms with Gasteiger partial charge in [0.2, 0.25) is 0 Å². The van der Waals surface area contributed by atoms with Gasteiger partial charge in [-0.2, -0.15) is 0 Å². The van der Waals surface area contributed by atoms with E-state index < -0.39 is 10.9 Å². The maximum atomic E-state index is 12.4. The van der Waals surface area contributed by atoms with Gasteiger partial charge in [-0.15, -0.1) is 0 Å². The maximum Gasteiger partial charge on any atom is 0.338 e. The second-order valence-corrected chi connectivity index (χ2v) is 8.33. The monoisotopic (exact) mass is 403 g/mol. The van der Waals surface area contributed by atoms with Gasteiger partial charge in [-0.3, -0.25) is 14.9 Å². The quantitative estimate of drug-likeness (QED) is 0.426. The van der Waals surface area contributed by atoms with Gasteiger partial charge in [0, 0.05) is 32.2 Å². The lowest BCUT2D eigenvalue weighted by molar-refractivity contribution is -0.384. The minimum atomic E-state index is -0.717. The van der Waals surface area contributed by atoms with Crippen molar-refractivity contribution in [1.82, 2.24) is 4.90 Å². The number of ether oxygens (including phenoxy) is 1. The summed E-state index contributed by atoms with van der Waals surface area (Å²) in [7, 11) is 0. The number of nitrogens with zero attached hydrogens (tertiary/aromatic N) is 3. The summed E-state index contributed by atoms with van der Waals surface area (Å²) in [6.07, 6.45) is 4.12. The number of esters is 1. The molecule has 0 N–H and O–H groups in total. The number of benzene rings is 1. The number of amides is 1.